The molecule has 0 saturated heterocycles. The van der Waals surface area contributed by atoms with Crippen LogP contribution in [0.2, 0.25) is 0 Å². The van der Waals surface area contributed by atoms with Crippen molar-refractivity contribution < 1.29 is 29.0 Å². The summed E-state index contributed by atoms with van der Waals surface area (Å²) in [5.74, 6) is -1.97. The van der Waals surface area contributed by atoms with E-state index in [2.05, 4.69) is 10.6 Å². The molecule has 2 rings (SSSR count). The topological polar surface area (TPSA) is 177 Å². The van der Waals surface area contributed by atoms with E-state index in [-0.39, 0.29) is 29.9 Å². The van der Waals surface area contributed by atoms with Gasteiger partial charge in [0.25, 0.3) is 0 Å². The van der Waals surface area contributed by atoms with Gasteiger partial charge >= 0.3 is 12.1 Å². The van der Waals surface area contributed by atoms with Crippen LogP contribution in [0, 0.1) is 17.3 Å². The SMILES string of the molecule is C/C(=C\[C@H](C(C)C)N(C)C(=O)C(NC(=O)[C@@H](N)C(C)(C)c1cccc(NC(=O)OCC2C=CC(N)=CC2)c1)C(C)(C)C)C(=O)O. The van der Waals surface area contributed by atoms with Crippen LogP contribution in [0.3, 0.4) is 0 Å². The number of allylic oxidation sites excluding steroid dienone is 2. The fourth-order valence-electron chi connectivity index (χ4n) is 4.96. The van der Waals surface area contributed by atoms with Gasteiger partial charge in [-0.1, -0.05) is 78.8 Å². The molecule has 3 amide bonds. The lowest BCUT2D eigenvalue weighted by molar-refractivity contribution is -0.140. The molecule has 1 aromatic rings. The highest BCUT2D eigenvalue weighted by molar-refractivity contribution is 5.92. The van der Waals surface area contributed by atoms with Crippen molar-refractivity contribution in [2.75, 3.05) is 19.0 Å². The molecular formula is C34H51N5O6. The fourth-order valence-corrected chi connectivity index (χ4v) is 4.96. The van der Waals surface area contributed by atoms with Crippen molar-refractivity contribution in [2.24, 2.45) is 28.7 Å². The maximum Gasteiger partial charge on any atom is 0.411 e. The van der Waals surface area contributed by atoms with E-state index in [1.54, 1.807) is 37.4 Å². The number of likely N-dealkylation sites (N-methyl/N-ethyl adjacent to an activating group) is 1. The number of nitrogens with two attached hydrogens (primary N) is 2. The molecule has 248 valence electrons. The van der Waals surface area contributed by atoms with Gasteiger partial charge in [0.2, 0.25) is 11.8 Å². The first-order valence-corrected chi connectivity index (χ1v) is 15.2. The minimum Gasteiger partial charge on any atom is -0.478 e. The molecule has 0 saturated carbocycles. The minimum atomic E-state index is -1.06. The quantitative estimate of drug-likeness (QED) is 0.213. The first kappa shape index (κ1) is 37.1. The molecule has 0 fully saturated rings. The van der Waals surface area contributed by atoms with Gasteiger partial charge < -0.3 is 31.5 Å². The van der Waals surface area contributed by atoms with E-state index < -0.39 is 46.9 Å². The Morgan fingerprint density at radius 3 is 2.33 bits per heavy atom. The van der Waals surface area contributed by atoms with Crippen LogP contribution in [0.1, 0.15) is 67.4 Å². The minimum absolute atomic E-state index is 0.0509. The fraction of sp³-hybridized carbons (Fsp3) is 0.529. The number of carboxylic acids is 1. The van der Waals surface area contributed by atoms with Gasteiger partial charge in [0, 0.05) is 35.3 Å². The normalized spacial score (nSPS) is 17.5. The number of nitrogens with one attached hydrogen (secondary N) is 2. The Bertz CT molecular complexity index is 1340. The second-order valence-corrected chi connectivity index (χ2v) is 13.7. The highest BCUT2D eigenvalue weighted by atomic mass is 16.5. The predicted molar refractivity (Wildman–Crippen MR) is 176 cm³/mol. The average Bonchev–Trinajstić information content (AvgIpc) is 2.96. The van der Waals surface area contributed by atoms with Crippen LogP contribution in [0.25, 0.3) is 0 Å². The number of aliphatic carboxylic acids is 1. The molecule has 4 atom stereocenters. The summed E-state index contributed by atoms with van der Waals surface area (Å²) < 4.78 is 5.38. The van der Waals surface area contributed by atoms with Crippen LogP contribution < -0.4 is 22.1 Å². The van der Waals surface area contributed by atoms with E-state index in [1.165, 1.54) is 11.8 Å². The molecule has 1 aliphatic carbocycles. The van der Waals surface area contributed by atoms with E-state index in [0.29, 0.717) is 23.4 Å². The average molecular weight is 626 g/mol. The van der Waals surface area contributed by atoms with E-state index >= 15 is 0 Å². The Hall–Kier alpha value is -4.12. The van der Waals surface area contributed by atoms with E-state index in [0.717, 1.165) is 0 Å². The number of nitrogens with zero attached hydrogens (tertiary/aromatic N) is 1. The van der Waals surface area contributed by atoms with Gasteiger partial charge in [-0.25, -0.2) is 9.59 Å². The Morgan fingerprint density at radius 1 is 1.16 bits per heavy atom. The van der Waals surface area contributed by atoms with Crippen molar-refractivity contribution in [2.45, 2.75) is 85.4 Å². The maximum atomic E-state index is 13.8. The second kappa shape index (κ2) is 15.2. The van der Waals surface area contributed by atoms with Crippen LogP contribution in [-0.2, 0) is 24.5 Å². The molecule has 0 aliphatic heterocycles. The molecule has 2 unspecified atom stereocenters. The lowest BCUT2D eigenvalue weighted by atomic mass is 9.77. The third kappa shape index (κ3) is 10.2. The van der Waals surface area contributed by atoms with Crippen molar-refractivity contribution in [3.63, 3.8) is 0 Å². The molecule has 1 aliphatic rings. The molecule has 0 heterocycles. The summed E-state index contributed by atoms with van der Waals surface area (Å²) in [4.78, 5) is 52.9. The number of rotatable bonds is 12. The van der Waals surface area contributed by atoms with Crippen LogP contribution >= 0.6 is 0 Å². The smallest absolute Gasteiger partial charge is 0.411 e. The third-order valence-electron chi connectivity index (χ3n) is 8.19. The zero-order valence-electron chi connectivity index (χ0n) is 28.0. The highest BCUT2D eigenvalue weighted by Gasteiger charge is 2.41. The van der Waals surface area contributed by atoms with E-state index in [1.807, 2.05) is 66.7 Å². The van der Waals surface area contributed by atoms with Crippen molar-refractivity contribution in [1.82, 2.24) is 10.2 Å². The molecule has 11 nitrogen and oxygen atoms in total. The Balaban J connectivity index is 2.18. The van der Waals surface area contributed by atoms with Gasteiger partial charge in [0.05, 0.1) is 18.7 Å². The predicted octanol–water partition coefficient (Wildman–Crippen LogP) is 4.30. The van der Waals surface area contributed by atoms with Gasteiger partial charge in [0.1, 0.15) is 6.04 Å². The lowest BCUT2D eigenvalue weighted by Gasteiger charge is -2.39. The summed E-state index contributed by atoms with van der Waals surface area (Å²) in [6.45, 7) is 14.6. The molecule has 0 aromatic heterocycles. The molecule has 0 radical (unpaired) electrons. The highest BCUT2D eigenvalue weighted by Crippen LogP contribution is 2.30. The summed E-state index contributed by atoms with van der Waals surface area (Å²) in [5.41, 5.74) is 12.7. The van der Waals surface area contributed by atoms with Crippen molar-refractivity contribution in [1.29, 1.82) is 0 Å². The maximum absolute atomic E-state index is 13.8. The monoisotopic (exact) mass is 625 g/mol. The summed E-state index contributed by atoms with van der Waals surface area (Å²) in [7, 11) is 1.61. The first-order chi connectivity index (χ1) is 20.7. The zero-order valence-corrected chi connectivity index (χ0v) is 28.0. The molecule has 11 heteroatoms. The zero-order chi connectivity index (χ0) is 34.3. The molecule has 1 aromatic carbocycles. The van der Waals surface area contributed by atoms with Crippen LogP contribution in [0.5, 0.6) is 0 Å². The molecular weight excluding hydrogens is 574 g/mol. The summed E-state index contributed by atoms with van der Waals surface area (Å²) in [5, 5.41) is 15.0. The largest absolute Gasteiger partial charge is 0.478 e. The number of anilines is 1. The lowest BCUT2D eigenvalue weighted by Crippen LogP contribution is -2.61. The van der Waals surface area contributed by atoms with E-state index in [9.17, 15) is 24.3 Å². The Morgan fingerprint density at radius 2 is 1.80 bits per heavy atom. The van der Waals surface area contributed by atoms with Crippen LogP contribution in [0.4, 0.5) is 10.5 Å². The molecule has 0 bridgehead atoms. The number of amides is 3. The third-order valence-corrected chi connectivity index (χ3v) is 8.19. The molecule has 7 N–H and O–H groups in total. The number of carbonyl (C=O) groups excluding carboxylic acids is 3. The number of hydrogen-bond donors (Lipinski definition) is 5. The molecule has 45 heavy (non-hydrogen) atoms. The standard InChI is InChI=1S/C34H51N5O6/c1-20(2)26(17-21(3)31(42)43)39(9)30(41)28(33(4,5)6)38-29(40)27(36)34(7,8)23-11-10-12-25(18-23)37-32(44)45-19-22-13-15-24(35)16-14-22/h10-13,15-18,20,22,26-28H,14,19,35-36H2,1-9H3,(H,37,44)(H,38,40)(H,42,43)/b21-17+/t22?,26-,27-,28?/m1/s1. The summed E-state index contributed by atoms with van der Waals surface area (Å²) in [6.07, 6.45) is 7.23. The number of hydrogen-bond acceptors (Lipinski definition) is 7. The second-order valence-electron chi connectivity index (χ2n) is 13.7. The number of ether oxygens (including phenoxy) is 1. The summed E-state index contributed by atoms with van der Waals surface area (Å²) in [6, 6.07) is 4.52. The van der Waals surface area contributed by atoms with Gasteiger partial charge in [-0.05, 0) is 48.4 Å². The Kier molecular flexibility index (Phi) is 12.6. The van der Waals surface area contributed by atoms with Crippen molar-refractivity contribution >= 4 is 29.6 Å². The van der Waals surface area contributed by atoms with Crippen molar-refractivity contribution in [3.8, 4) is 0 Å². The first-order valence-electron chi connectivity index (χ1n) is 15.2. The summed E-state index contributed by atoms with van der Waals surface area (Å²) >= 11 is 0. The number of benzene rings is 1. The van der Waals surface area contributed by atoms with Crippen molar-refractivity contribution in [3.05, 3.63) is 65.4 Å². The number of carboxylic acid groups (broad SMARTS) is 1. The number of carbonyl (C=O) groups is 4. The van der Waals surface area contributed by atoms with Crippen LogP contribution in [-0.4, -0.2) is 65.7 Å². The van der Waals surface area contributed by atoms with E-state index in [4.69, 9.17) is 16.2 Å². The van der Waals surface area contributed by atoms with Gasteiger partial charge in [0.15, 0.2) is 0 Å². The van der Waals surface area contributed by atoms with Crippen LogP contribution in [0.15, 0.2) is 59.8 Å². The van der Waals surface area contributed by atoms with Gasteiger partial charge in [-0.3, -0.25) is 14.9 Å². The van der Waals surface area contributed by atoms with Gasteiger partial charge in [-0.2, -0.15) is 0 Å². The Labute approximate surface area is 267 Å². The van der Waals surface area contributed by atoms with Gasteiger partial charge in [-0.15, -0.1) is 0 Å². The molecule has 0 spiro atoms.